The number of benzene rings is 1. The summed E-state index contributed by atoms with van der Waals surface area (Å²) in [5, 5.41) is 10.3. The first-order valence-electron chi connectivity index (χ1n) is 8.17. The van der Waals surface area contributed by atoms with Gasteiger partial charge in [0.2, 0.25) is 0 Å². The lowest BCUT2D eigenvalue weighted by molar-refractivity contribution is 0.0522. The van der Waals surface area contributed by atoms with Crippen LogP contribution in [0.5, 0.6) is 0 Å². The fourth-order valence-electron chi connectivity index (χ4n) is 2.82. The maximum Gasteiger partial charge on any atom is 0.274 e. The molecule has 6 nitrogen and oxygen atoms in total. The zero-order valence-corrected chi connectivity index (χ0v) is 13.8. The van der Waals surface area contributed by atoms with Gasteiger partial charge in [-0.05, 0) is 12.5 Å². The minimum atomic E-state index is -0.503. The van der Waals surface area contributed by atoms with E-state index in [0.717, 1.165) is 24.3 Å². The molecule has 2 aromatic rings. The summed E-state index contributed by atoms with van der Waals surface area (Å²) in [5.74, 6) is -0.0780. The topological polar surface area (TPSA) is 69.6 Å². The zero-order chi connectivity index (χ0) is 16.9. The Morgan fingerprint density at radius 2 is 1.83 bits per heavy atom. The van der Waals surface area contributed by atoms with E-state index in [9.17, 15) is 9.90 Å². The Bertz CT molecular complexity index is 667. The molecule has 1 atom stereocenters. The van der Waals surface area contributed by atoms with E-state index >= 15 is 0 Å². The third-order valence-electron chi connectivity index (χ3n) is 4.28. The molecule has 1 aliphatic heterocycles. The van der Waals surface area contributed by atoms with Crippen molar-refractivity contribution in [3.05, 3.63) is 59.7 Å². The summed E-state index contributed by atoms with van der Waals surface area (Å²) in [6, 6.07) is 9.66. The minimum absolute atomic E-state index is 0.0780. The van der Waals surface area contributed by atoms with Crippen LogP contribution in [0, 0.1) is 6.92 Å². The monoisotopic (exact) mass is 326 g/mol. The summed E-state index contributed by atoms with van der Waals surface area (Å²) in [6.07, 6.45) is 2.64. The van der Waals surface area contributed by atoms with Crippen molar-refractivity contribution < 1.29 is 9.90 Å². The van der Waals surface area contributed by atoms with Crippen LogP contribution in [0.2, 0.25) is 0 Å². The van der Waals surface area contributed by atoms with Gasteiger partial charge in [0, 0.05) is 38.9 Å². The number of aliphatic hydroxyl groups excluding tert-OH is 1. The summed E-state index contributed by atoms with van der Waals surface area (Å²) < 4.78 is 0. The van der Waals surface area contributed by atoms with E-state index in [1.807, 2.05) is 37.3 Å². The van der Waals surface area contributed by atoms with Gasteiger partial charge in [-0.25, -0.2) is 4.98 Å². The van der Waals surface area contributed by atoms with E-state index < -0.39 is 6.10 Å². The van der Waals surface area contributed by atoms with Crippen molar-refractivity contribution in [3.8, 4) is 0 Å². The molecule has 0 aliphatic carbocycles. The van der Waals surface area contributed by atoms with Crippen molar-refractivity contribution in [2.75, 3.05) is 32.7 Å². The number of aromatic nitrogens is 2. The van der Waals surface area contributed by atoms with E-state index in [4.69, 9.17) is 0 Å². The fraction of sp³-hybridized carbons (Fsp3) is 0.389. The second kappa shape index (κ2) is 7.51. The minimum Gasteiger partial charge on any atom is -0.387 e. The normalized spacial score (nSPS) is 16.8. The van der Waals surface area contributed by atoms with Crippen molar-refractivity contribution in [3.63, 3.8) is 0 Å². The van der Waals surface area contributed by atoms with E-state index in [2.05, 4.69) is 14.9 Å². The summed E-state index contributed by atoms with van der Waals surface area (Å²) in [6.45, 7) is 5.18. The van der Waals surface area contributed by atoms with Gasteiger partial charge in [0.05, 0.1) is 18.0 Å². The maximum atomic E-state index is 12.4. The standard InChI is InChI=1S/C18H22N4O2/c1-14-11-20-16(12-19-14)18(24)22-9-7-21(8-10-22)13-17(23)15-5-3-2-4-6-15/h2-6,11-12,17,23H,7-10,13H2,1H3/t17-/m1/s1. The highest BCUT2D eigenvalue weighted by Crippen LogP contribution is 2.15. The van der Waals surface area contributed by atoms with Crippen LogP contribution in [0.15, 0.2) is 42.7 Å². The lowest BCUT2D eigenvalue weighted by atomic mass is 10.1. The van der Waals surface area contributed by atoms with E-state index in [1.165, 1.54) is 6.20 Å². The van der Waals surface area contributed by atoms with Gasteiger partial charge in [0.25, 0.3) is 5.91 Å². The summed E-state index contributed by atoms with van der Waals surface area (Å²) in [4.78, 5) is 24.7. The Morgan fingerprint density at radius 3 is 2.46 bits per heavy atom. The summed E-state index contributed by atoms with van der Waals surface area (Å²) in [7, 11) is 0. The number of β-amino-alcohol motifs (C(OH)–C–C–N with tert-alkyl or cyclic N) is 1. The molecule has 1 saturated heterocycles. The Kier molecular flexibility index (Phi) is 5.17. The van der Waals surface area contributed by atoms with Crippen LogP contribution >= 0.6 is 0 Å². The van der Waals surface area contributed by atoms with Crippen molar-refractivity contribution in [1.82, 2.24) is 19.8 Å². The van der Waals surface area contributed by atoms with Crippen LogP contribution in [0.1, 0.15) is 27.8 Å². The molecular formula is C18H22N4O2. The van der Waals surface area contributed by atoms with E-state index in [1.54, 1.807) is 11.1 Å². The lowest BCUT2D eigenvalue weighted by Crippen LogP contribution is -2.49. The summed E-state index contributed by atoms with van der Waals surface area (Å²) >= 11 is 0. The van der Waals surface area contributed by atoms with Crippen LogP contribution in [0.25, 0.3) is 0 Å². The number of aliphatic hydroxyl groups is 1. The number of carbonyl (C=O) groups excluding carboxylic acids is 1. The van der Waals surface area contributed by atoms with Gasteiger partial charge in [-0.2, -0.15) is 0 Å². The molecule has 1 fully saturated rings. The maximum absolute atomic E-state index is 12.4. The smallest absolute Gasteiger partial charge is 0.274 e. The van der Waals surface area contributed by atoms with Gasteiger partial charge in [0.15, 0.2) is 0 Å². The molecule has 2 heterocycles. The first kappa shape index (κ1) is 16.5. The van der Waals surface area contributed by atoms with Crippen molar-refractivity contribution in [2.45, 2.75) is 13.0 Å². The molecule has 1 N–H and O–H groups in total. The number of piperazine rings is 1. The van der Waals surface area contributed by atoms with E-state index in [-0.39, 0.29) is 5.91 Å². The molecule has 1 aromatic carbocycles. The molecule has 0 saturated carbocycles. The van der Waals surface area contributed by atoms with Crippen molar-refractivity contribution >= 4 is 5.91 Å². The molecule has 0 unspecified atom stereocenters. The predicted molar refractivity (Wildman–Crippen MR) is 90.5 cm³/mol. The molecule has 3 rings (SSSR count). The van der Waals surface area contributed by atoms with Crippen molar-refractivity contribution in [1.29, 1.82) is 0 Å². The van der Waals surface area contributed by atoms with Gasteiger partial charge in [0.1, 0.15) is 5.69 Å². The first-order valence-corrected chi connectivity index (χ1v) is 8.17. The number of hydrogen-bond donors (Lipinski definition) is 1. The number of hydrogen-bond acceptors (Lipinski definition) is 5. The van der Waals surface area contributed by atoms with Gasteiger partial charge >= 0.3 is 0 Å². The van der Waals surface area contributed by atoms with E-state index in [0.29, 0.717) is 25.3 Å². The van der Waals surface area contributed by atoms with Crippen LogP contribution < -0.4 is 0 Å². The molecule has 1 aliphatic rings. The fourth-order valence-corrected chi connectivity index (χ4v) is 2.82. The van der Waals surface area contributed by atoms with Crippen molar-refractivity contribution in [2.24, 2.45) is 0 Å². The van der Waals surface area contributed by atoms with Crippen LogP contribution in [-0.2, 0) is 0 Å². The van der Waals surface area contributed by atoms with Gasteiger partial charge in [-0.1, -0.05) is 30.3 Å². The molecule has 0 spiro atoms. The number of amides is 1. The summed E-state index contributed by atoms with van der Waals surface area (Å²) in [5.41, 5.74) is 2.11. The predicted octanol–water partition coefficient (Wildman–Crippen LogP) is 1.28. The Balaban J connectivity index is 1.52. The Labute approximate surface area is 141 Å². The zero-order valence-electron chi connectivity index (χ0n) is 13.8. The largest absolute Gasteiger partial charge is 0.387 e. The molecule has 0 bridgehead atoms. The third-order valence-corrected chi connectivity index (χ3v) is 4.28. The van der Waals surface area contributed by atoms with Crippen LogP contribution in [0.4, 0.5) is 0 Å². The molecular weight excluding hydrogens is 304 g/mol. The number of rotatable bonds is 4. The highest BCUT2D eigenvalue weighted by Gasteiger charge is 2.24. The average Bonchev–Trinajstić information content (AvgIpc) is 2.63. The lowest BCUT2D eigenvalue weighted by Gasteiger charge is -2.35. The van der Waals surface area contributed by atoms with Gasteiger partial charge in [-0.15, -0.1) is 0 Å². The molecule has 6 heteroatoms. The quantitative estimate of drug-likeness (QED) is 0.916. The highest BCUT2D eigenvalue weighted by atomic mass is 16.3. The van der Waals surface area contributed by atoms with Gasteiger partial charge < -0.3 is 10.0 Å². The molecule has 1 aromatic heterocycles. The number of nitrogens with zero attached hydrogens (tertiary/aromatic N) is 4. The second-order valence-electron chi connectivity index (χ2n) is 6.06. The molecule has 24 heavy (non-hydrogen) atoms. The molecule has 1 amide bonds. The number of aryl methyl sites for hydroxylation is 1. The first-order chi connectivity index (χ1) is 11.6. The SMILES string of the molecule is Cc1cnc(C(=O)N2CCN(C[C@@H](O)c3ccccc3)CC2)cn1. The third kappa shape index (κ3) is 3.96. The Hall–Kier alpha value is -2.31. The number of carbonyl (C=O) groups is 1. The average molecular weight is 326 g/mol. The van der Waals surface area contributed by atoms with Crippen LogP contribution in [0.3, 0.4) is 0 Å². The highest BCUT2D eigenvalue weighted by molar-refractivity contribution is 5.92. The van der Waals surface area contributed by atoms with Crippen LogP contribution in [-0.4, -0.2) is 63.5 Å². The van der Waals surface area contributed by atoms with Gasteiger partial charge in [-0.3, -0.25) is 14.7 Å². The molecule has 126 valence electrons. The molecule has 0 radical (unpaired) electrons. The second-order valence-corrected chi connectivity index (χ2v) is 6.06. The Morgan fingerprint density at radius 1 is 1.12 bits per heavy atom.